The topological polar surface area (TPSA) is 81.1 Å². The lowest BCUT2D eigenvalue weighted by Crippen LogP contribution is -2.37. The fourth-order valence-corrected chi connectivity index (χ4v) is 4.00. The zero-order chi connectivity index (χ0) is 23.8. The van der Waals surface area contributed by atoms with Crippen LogP contribution >= 0.6 is 11.3 Å². The molecule has 0 radical (unpaired) electrons. The van der Waals surface area contributed by atoms with Crippen molar-refractivity contribution in [1.29, 1.82) is 0 Å². The van der Waals surface area contributed by atoms with Gasteiger partial charge in [-0.2, -0.15) is 0 Å². The number of aliphatic hydroxyl groups excluding tert-OH is 1. The van der Waals surface area contributed by atoms with Crippen LogP contribution in [-0.4, -0.2) is 41.2 Å². The first-order valence-corrected chi connectivity index (χ1v) is 11.7. The predicted molar refractivity (Wildman–Crippen MR) is 128 cm³/mol. The molecule has 1 heterocycles. The van der Waals surface area contributed by atoms with Crippen LogP contribution in [0.2, 0.25) is 0 Å². The first kappa shape index (κ1) is 24.5. The Labute approximate surface area is 198 Å². The van der Waals surface area contributed by atoms with Crippen molar-refractivity contribution in [2.45, 2.75) is 46.1 Å². The molecule has 8 heteroatoms. The van der Waals surface area contributed by atoms with Gasteiger partial charge in [0.1, 0.15) is 17.4 Å². The summed E-state index contributed by atoms with van der Waals surface area (Å²) in [6.07, 6.45) is 0.832. The molecule has 1 aromatic heterocycles. The average molecular weight is 471 g/mol. The first-order valence-electron chi connectivity index (χ1n) is 10.8. The Balaban J connectivity index is 1.79. The smallest absolute Gasteiger partial charge is 0.254 e. The van der Waals surface area contributed by atoms with Gasteiger partial charge >= 0.3 is 0 Å². The molecule has 0 spiro atoms. The van der Waals surface area contributed by atoms with Gasteiger partial charge in [0, 0.05) is 23.5 Å². The number of aromatic nitrogens is 1. The number of benzene rings is 2. The summed E-state index contributed by atoms with van der Waals surface area (Å²) in [5, 5.41) is 11.8. The maximum absolute atomic E-state index is 13.3. The molecule has 0 aliphatic rings. The van der Waals surface area contributed by atoms with Gasteiger partial charge in [-0.25, -0.2) is 4.98 Å². The van der Waals surface area contributed by atoms with Crippen molar-refractivity contribution in [1.82, 2.24) is 9.88 Å². The highest BCUT2D eigenvalue weighted by Gasteiger charge is 2.22. The number of methoxy groups -OCH3 is 2. The molecule has 0 aliphatic carbocycles. The quantitative estimate of drug-likeness (QED) is 0.439. The predicted octanol–water partition coefficient (Wildman–Crippen LogP) is 4.67. The van der Waals surface area contributed by atoms with E-state index in [0.717, 1.165) is 17.0 Å². The Bertz CT molecular complexity index is 1050. The largest absolute Gasteiger partial charge is 0.497 e. The summed E-state index contributed by atoms with van der Waals surface area (Å²) in [4.78, 5) is 19.5. The highest BCUT2D eigenvalue weighted by molar-refractivity contribution is 7.09. The second-order valence-corrected chi connectivity index (χ2v) is 8.53. The molecule has 0 saturated carbocycles. The summed E-state index contributed by atoms with van der Waals surface area (Å²) in [7, 11) is 3.19. The highest BCUT2D eigenvalue weighted by Crippen LogP contribution is 2.30. The average Bonchev–Trinajstić information content (AvgIpc) is 3.33. The molecular weight excluding hydrogens is 440 g/mol. The second kappa shape index (κ2) is 11.7. The van der Waals surface area contributed by atoms with Crippen LogP contribution in [0.4, 0.5) is 0 Å². The maximum Gasteiger partial charge on any atom is 0.254 e. The minimum Gasteiger partial charge on any atom is -0.497 e. The Morgan fingerprint density at radius 1 is 1.12 bits per heavy atom. The van der Waals surface area contributed by atoms with E-state index in [1.807, 2.05) is 30.0 Å². The van der Waals surface area contributed by atoms with E-state index < -0.39 is 0 Å². The molecule has 2 aromatic carbocycles. The fourth-order valence-electron chi connectivity index (χ4n) is 3.30. The van der Waals surface area contributed by atoms with Gasteiger partial charge in [0.25, 0.3) is 5.91 Å². The third-order valence-corrected chi connectivity index (χ3v) is 6.29. The molecule has 1 amide bonds. The summed E-state index contributed by atoms with van der Waals surface area (Å²) in [6.45, 7) is 4.72. The molecule has 7 nitrogen and oxygen atoms in total. The number of amides is 1. The highest BCUT2D eigenvalue weighted by atomic mass is 32.1. The van der Waals surface area contributed by atoms with E-state index in [4.69, 9.17) is 14.2 Å². The van der Waals surface area contributed by atoms with Crippen molar-refractivity contribution >= 4 is 17.2 Å². The summed E-state index contributed by atoms with van der Waals surface area (Å²) in [5.41, 5.74) is 2.17. The number of rotatable bonds is 11. The third-order valence-electron chi connectivity index (χ3n) is 5.41. The molecule has 0 aliphatic heterocycles. The molecule has 3 aromatic rings. The number of hydrogen-bond donors (Lipinski definition) is 1. The van der Waals surface area contributed by atoms with Crippen LogP contribution in [0.1, 0.15) is 46.9 Å². The lowest BCUT2D eigenvalue weighted by molar-refractivity contribution is 0.0671. The van der Waals surface area contributed by atoms with Crippen LogP contribution in [-0.2, 0) is 19.8 Å². The van der Waals surface area contributed by atoms with Gasteiger partial charge in [-0.15, -0.1) is 11.3 Å². The van der Waals surface area contributed by atoms with Gasteiger partial charge in [-0.1, -0.05) is 13.0 Å². The SMILES string of the molecule is CCC(C)N(Cc1ccc(OC)c(OCc2nc(CO)cs2)c1)C(=O)c1ccc(OC)cc1. The van der Waals surface area contributed by atoms with Crippen molar-refractivity contribution in [3.63, 3.8) is 0 Å². The van der Waals surface area contributed by atoms with E-state index >= 15 is 0 Å². The van der Waals surface area contributed by atoms with Gasteiger partial charge in [-0.05, 0) is 55.3 Å². The second-order valence-electron chi connectivity index (χ2n) is 7.58. The Morgan fingerprint density at radius 3 is 2.48 bits per heavy atom. The molecule has 1 atom stereocenters. The van der Waals surface area contributed by atoms with Crippen molar-refractivity contribution in [2.75, 3.05) is 14.2 Å². The first-order chi connectivity index (χ1) is 16.0. The van der Waals surface area contributed by atoms with Gasteiger partial charge in [-0.3, -0.25) is 4.79 Å². The molecule has 176 valence electrons. The number of thiazole rings is 1. The van der Waals surface area contributed by atoms with Crippen molar-refractivity contribution < 1.29 is 24.1 Å². The number of carbonyl (C=O) groups excluding carboxylic acids is 1. The Hall–Kier alpha value is -3.10. The lowest BCUT2D eigenvalue weighted by Gasteiger charge is -2.29. The normalized spacial score (nSPS) is 11.7. The van der Waals surface area contributed by atoms with Gasteiger partial charge in [0.15, 0.2) is 11.5 Å². The van der Waals surface area contributed by atoms with Crippen LogP contribution < -0.4 is 14.2 Å². The zero-order valence-corrected chi connectivity index (χ0v) is 20.2. The van der Waals surface area contributed by atoms with Crippen molar-refractivity contribution in [2.24, 2.45) is 0 Å². The lowest BCUT2D eigenvalue weighted by atomic mass is 10.1. The molecular formula is C25H30N2O5S. The van der Waals surface area contributed by atoms with Crippen LogP contribution in [0.5, 0.6) is 17.2 Å². The van der Waals surface area contributed by atoms with E-state index in [9.17, 15) is 9.90 Å². The maximum atomic E-state index is 13.3. The molecule has 1 unspecified atom stereocenters. The number of nitrogens with zero attached hydrogens (tertiary/aromatic N) is 2. The van der Waals surface area contributed by atoms with Gasteiger partial charge in [0.2, 0.25) is 0 Å². The molecule has 0 bridgehead atoms. The van der Waals surface area contributed by atoms with E-state index in [1.54, 1.807) is 43.9 Å². The summed E-state index contributed by atoms with van der Waals surface area (Å²) >= 11 is 1.43. The zero-order valence-electron chi connectivity index (χ0n) is 19.4. The molecule has 1 N–H and O–H groups in total. The van der Waals surface area contributed by atoms with Crippen LogP contribution in [0, 0.1) is 0 Å². The summed E-state index contributed by atoms with van der Waals surface area (Å²) in [5.74, 6) is 1.86. The Morgan fingerprint density at radius 2 is 1.88 bits per heavy atom. The third kappa shape index (κ3) is 6.24. The van der Waals surface area contributed by atoms with Crippen LogP contribution in [0.25, 0.3) is 0 Å². The van der Waals surface area contributed by atoms with E-state index in [1.165, 1.54) is 11.3 Å². The Kier molecular flexibility index (Phi) is 8.68. The fraction of sp³-hybridized carbons (Fsp3) is 0.360. The number of ether oxygens (including phenoxy) is 3. The molecule has 3 rings (SSSR count). The number of carbonyl (C=O) groups is 1. The van der Waals surface area contributed by atoms with Gasteiger partial charge < -0.3 is 24.2 Å². The summed E-state index contributed by atoms with van der Waals surface area (Å²) in [6, 6.07) is 12.9. The van der Waals surface area contributed by atoms with Crippen molar-refractivity contribution in [3.8, 4) is 17.2 Å². The van der Waals surface area contributed by atoms with Crippen molar-refractivity contribution in [3.05, 3.63) is 69.7 Å². The van der Waals surface area contributed by atoms with E-state index in [0.29, 0.717) is 35.1 Å². The van der Waals surface area contributed by atoms with Gasteiger partial charge in [0.05, 0.1) is 26.5 Å². The molecule has 0 fully saturated rings. The summed E-state index contributed by atoms with van der Waals surface area (Å²) < 4.78 is 16.6. The van der Waals surface area contributed by atoms with E-state index in [2.05, 4.69) is 11.9 Å². The molecule has 0 saturated heterocycles. The van der Waals surface area contributed by atoms with E-state index in [-0.39, 0.29) is 25.2 Å². The van der Waals surface area contributed by atoms with Crippen LogP contribution in [0.15, 0.2) is 47.8 Å². The monoisotopic (exact) mass is 470 g/mol. The minimum atomic E-state index is -0.0943. The van der Waals surface area contributed by atoms with Crippen LogP contribution in [0.3, 0.4) is 0 Å². The minimum absolute atomic E-state index is 0.0374. The molecule has 33 heavy (non-hydrogen) atoms. The number of aliphatic hydroxyl groups is 1. The standard InChI is InChI=1S/C25H30N2O5S/c1-5-17(2)27(25(29)19-7-9-21(30-3)10-8-19)13-18-6-11-22(31-4)23(12-18)32-15-24-26-20(14-28)16-33-24/h6-12,16-17,28H,5,13-15H2,1-4H3. The number of hydrogen-bond acceptors (Lipinski definition) is 7.